The maximum Gasteiger partial charge on any atom is 0.180 e. The largest absolute Gasteiger partial charge is 0.493 e. The van der Waals surface area contributed by atoms with E-state index < -0.39 is 0 Å². The van der Waals surface area contributed by atoms with E-state index in [1.165, 1.54) is 12.1 Å². The van der Waals surface area contributed by atoms with Crippen molar-refractivity contribution >= 4 is 24.0 Å². The first kappa shape index (κ1) is 23.5. The van der Waals surface area contributed by atoms with Crippen LogP contribution < -0.4 is 14.8 Å². The number of aliphatic hydroxyl groups excluding tert-OH is 1. The summed E-state index contributed by atoms with van der Waals surface area (Å²) in [7, 11) is 1.57. The van der Waals surface area contributed by atoms with E-state index in [4.69, 9.17) is 26.2 Å². The van der Waals surface area contributed by atoms with E-state index in [2.05, 4.69) is 5.32 Å². The normalized spacial score (nSPS) is 10.4. The Bertz CT molecular complexity index is 684. The summed E-state index contributed by atoms with van der Waals surface area (Å²) in [6, 6.07) is 9.88. The molecule has 0 aliphatic rings. The van der Waals surface area contributed by atoms with Crippen LogP contribution in [0, 0.1) is 5.82 Å². The number of hydrogen-bond donors (Lipinski definition) is 2. The third kappa shape index (κ3) is 7.93. The fourth-order valence-corrected chi connectivity index (χ4v) is 2.81. The quantitative estimate of drug-likeness (QED) is 0.518. The lowest BCUT2D eigenvalue weighted by molar-refractivity contribution is 0.282. The molecule has 0 aliphatic carbocycles. The third-order valence-electron chi connectivity index (χ3n) is 3.93. The molecule has 150 valence electrons. The molecule has 0 saturated heterocycles. The van der Waals surface area contributed by atoms with Gasteiger partial charge < -0.3 is 19.9 Å². The predicted octanol–water partition coefficient (Wildman–Crippen LogP) is 4.74. The molecule has 0 aliphatic heterocycles. The van der Waals surface area contributed by atoms with Crippen molar-refractivity contribution in [3.63, 3.8) is 0 Å². The maximum absolute atomic E-state index is 13.0. The van der Waals surface area contributed by atoms with Gasteiger partial charge in [-0.1, -0.05) is 23.7 Å². The average Bonchev–Trinajstić information content (AvgIpc) is 2.64. The number of benzene rings is 2. The van der Waals surface area contributed by atoms with Gasteiger partial charge in [0.15, 0.2) is 11.5 Å². The zero-order chi connectivity index (χ0) is 18.8. The number of unbranched alkanes of at least 4 members (excludes halogenated alkanes) is 2. The summed E-state index contributed by atoms with van der Waals surface area (Å²) in [6.45, 7) is 2.07. The molecule has 0 unspecified atom stereocenters. The summed E-state index contributed by atoms with van der Waals surface area (Å²) < 4.78 is 24.2. The van der Waals surface area contributed by atoms with Crippen LogP contribution in [0.3, 0.4) is 0 Å². The standard InChI is InChI=1S/C20H25ClFNO3.ClH/c1-25-19-12-16(13-23-9-3-2-4-10-24)11-18(21)20(19)26-14-15-5-7-17(22)8-6-15;/h5-8,11-12,23-24H,2-4,9-10,13-14H2,1H3;1H. The van der Waals surface area contributed by atoms with Crippen LogP contribution in [0.5, 0.6) is 11.5 Å². The monoisotopic (exact) mass is 417 g/mol. The number of hydrogen-bond acceptors (Lipinski definition) is 4. The van der Waals surface area contributed by atoms with Crippen LogP contribution in [0.25, 0.3) is 0 Å². The molecule has 2 rings (SSSR count). The van der Waals surface area contributed by atoms with Gasteiger partial charge in [0.2, 0.25) is 0 Å². The number of ether oxygens (including phenoxy) is 2. The summed E-state index contributed by atoms with van der Waals surface area (Å²) >= 11 is 6.37. The van der Waals surface area contributed by atoms with Crippen LogP contribution in [0.2, 0.25) is 5.02 Å². The van der Waals surface area contributed by atoms with E-state index in [-0.39, 0.29) is 31.4 Å². The summed E-state index contributed by atoms with van der Waals surface area (Å²) in [6.07, 6.45) is 2.86. The lowest BCUT2D eigenvalue weighted by Gasteiger charge is -2.15. The molecule has 0 aromatic heterocycles. The molecule has 0 saturated carbocycles. The number of nitrogens with one attached hydrogen (secondary N) is 1. The minimum atomic E-state index is -0.280. The van der Waals surface area contributed by atoms with Crippen molar-refractivity contribution in [1.29, 1.82) is 0 Å². The molecule has 0 bridgehead atoms. The maximum atomic E-state index is 13.0. The molecule has 7 heteroatoms. The SMILES string of the molecule is COc1cc(CNCCCCCO)cc(Cl)c1OCc1ccc(F)cc1.Cl. The minimum absolute atomic E-state index is 0. The van der Waals surface area contributed by atoms with Crippen molar-refractivity contribution in [2.75, 3.05) is 20.3 Å². The molecule has 0 atom stereocenters. The smallest absolute Gasteiger partial charge is 0.180 e. The van der Waals surface area contributed by atoms with Gasteiger partial charge in [-0.05, 0) is 61.2 Å². The molecule has 4 nitrogen and oxygen atoms in total. The molecular formula is C20H26Cl2FNO3. The van der Waals surface area contributed by atoms with Crippen LogP contribution in [-0.2, 0) is 13.2 Å². The molecule has 0 amide bonds. The van der Waals surface area contributed by atoms with Crippen molar-refractivity contribution in [2.45, 2.75) is 32.4 Å². The van der Waals surface area contributed by atoms with Gasteiger partial charge in [-0.25, -0.2) is 4.39 Å². The summed E-state index contributed by atoms with van der Waals surface area (Å²) in [5.41, 5.74) is 1.85. The molecule has 2 N–H and O–H groups in total. The average molecular weight is 418 g/mol. The Balaban J connectivity index is 0.00000364. The van der Waals surface area contributed by atoms with Crippen molar-refractivity contribution in [2.24, 2.45) is 0 Å². The Morgan fingerprint density at radius 1 is 1.07 bits per heavy atom. The van der Waals surface area contributed by atoms with Gasteiger partial charge in [0.25, 0.3) is 0 Å². The van der Waals surface area contributed by atoms with Gasteiger partial charge in [0.1, 0.15) is 12.4 Å². The van der Waals surface area contributed by atoms with Gasteiger partial charge in [0.05, 0.1) is 12.1 Å². The zero-order valence-electron chi connectivity index (χ0n) is 15.3. The molecule has 0 spiro atoms. The van der Waals surface area contributed by atoms with Crippen molar-refractivity contribution < 1.29 is 19.0 Å². The number of aliphatic hydroxyl groups is 1. The third-order valence-corrected chi connectivity index (χ3v) is 4.21. The summed E-state index contributed by atoms with van der Waals surface area (Å²) in [4.78, 5) is 0. The van der Waals surface area contributed by atoms with Crippen LogP contribution in [0.1, 0.15) is 30.4 Å². The second-order valence-corrected chi connectivity index (χ2v) is 6.39. The van der Waals surface area contributed by atoms with Gasteiger partial charge in [0, 0.05) is 13.2 Å². The molecular weight excluding hydrogens is 392 g/mol. The topological polar surface area (TPSA) is 50.7 Å². The van der Waals surface area contributed by atoms with Crippen molar-refractivity contribution in [3.05, 3.63) is 58.4 Å². The Kier molecular flexibility index (Phi) is 11.1. The molecule has 0 heterocycles. The van der Waals surface area contributed by atoms with E-state index in [1.54, 1.807) is 19.2 Å². The van der Waals surface area contributed by atoms with E-state index in [0.717, 1.165) is 36.9 Å². The molecule has 0 radical (unpaired) electrons. The highest BCUT2D eigenvalue weighted by Gasteiger charge is 2.12. The fraction of sp³-hybridized carbons (Fsp3) is 0.400. The second kappa shape index (κ2) is 12.8. The van der Waals surface area contributed by atoms with Crippen LogP contribution in [0.15, 0.2) is 36.4 Å². The molecule has 2 aromatic carbocycles. The van der Waals surface area contributed by atoms with Gasteiger partial charge in [-0.15, -0.1) is 12.4 Å². The highest BCUT2D eigenvalue weighted by Crippen LogP contribution is 2.37. The van der Waals surface area contributed by atoms with E-state index in [0.29, 0.717) is 23.1 Å². The van der Waals surface area contributed by atoms with E-state index >= 15 is 0 Å². The Morgan fingerprint density at radius 3 is 2.48 bits per heavy atom. The molecule has 0 fully saturated rings. The van der Waals surface area contributed by atoms with Crippen LogP contribution in [-0.4, -0.2) is 25.4 Å². The Hall–Kier alpha value is -1.53. The van der Waals surface area contributed by atoms with E-state index in [9.17, 15) is 4.39 Å². The van der Waals surface area contributed by atoms with Gasteiger partial charge in [-0.2, -0.15) is 0 Å². The number of rotatable bonds is 11. The number of methoxy groups -OCH3 is 1. The fourth-order valence-electron chi connectivity index (χ4n) is 2.52. The lowest BCUT2D eigenvalue weighted by atomic mass is 10.2. The molecule has 2 aromatic rings. The van der Waals surface area contributed by atoms with Crippen molar-refractivity contribution in [1.82, 2.24) is 5.32 Å². The van der Waals surface area contributed by atoms with Crippen LogP contribution in [0.4, 0.5) is 4.39 Å². The first-order valence-electron chi connectivity index (χ1n) is 8.69. The Labute approximate surface area is 171 Å². The first-order valence-corrected chi connectivity index (χ1v) is 9.07. The second-order valence-electron chi connectivity index (χ2n) is 5.99. The van der Waals surface area contributed by atoms with E-state index in [1.807, 2.05) is 12.1 Å². The zero-order valence-corrected chi connectivity index (χ0v) is 16.9. The number of halogens is 3. The van der Waals surface area contributed by atoms with Crippen molar-refractivity contribution in [3.8, 4) is 11.5 Å². The minimum Gasteiger partial charge on any atom is -0.493 e. The highest BCUT2D eigenvalue weighted by atomic mass is 35.5. The Morgan fingerprint density at radius 2 is 1.81 bits per heavy atom. The van der Waals surface area contributed by atoms with Gasteiger partial charge >= 0.3 is 0 Å². The highest BCUT2D eigenvalue weighted by molar-refractivity contribution is 6.32. The summed E-state index contributed by atoms with van der Waals surface area (Å²) in [5, 5.41) is 12.6. The lowest BCUT2D eigenvalue weighted by Crippen LogP contribution is -2.15. The van der Waals surface area contributed by atoms with Crippen LogP contribution >= 0.6 is 24.0 Å². The first-order chi connectivity index (χ1) is 12.6. The predicted molar refractivity (Wildman–Crippen MR) is 109 cm³/mol. The molecule has 27 heavy (non-hydrogen) atoms. The van der Waals surface area contributed by atoms with Gasteiger partial charge in [-0.3, -0.25) is 0 Å². The summed E-state index contributed by atoms with van der Waals surface area (Å²) in [5.74, 6) is 0.763.